The molecule has 0 aliphatic heterocycles. The van der Waals surface area contributed by atoms with Gasteiger partial charge < -0.3 is 0 Å². The summed E-state index contributed by atoms with van der Waals surface area (Å²) < 4.78 is 0. The number of amides is 2. The number of carbonyl (C=O) groups is 2. The summed E-state index contributed by atoms with van der Waals surface area (Å²) in [6.07, 6.45) is 4.44. The predicted octanol–water partition coefficient (Wildman–Crippen LogP) is 4.22. The topological polar surface area (TPSA) is 58.2 Å². The van der Waals surface area contributed by atoms with Crippen LogP contribution in [0.15, 0.2) is 66.7 Å². The third-order valence-electron chi connectivity index (χ3n) is 5.05. The highest BCUT2D eigenvalue weighted by molar-refractivity contribution is 7.14. The summed E-state index contributed by atoms with van der Waals surface area (Å²) in [6, 6.07) is 21.1. The fourth-order valence-corrected chi connectivity index (χ4v) is 4.79. The van der Waals surface area contributed by atoms with E-state index in [2.05, 4.69) is 10.9 Å². The van der Waals surface area contributed by atoms with Crippen molar-refractivity contribution >= 4 is 23.2 Å². The molecule has 142 valence electrons. The Bertz CT molecular complexity index is 904. The Balaban J connectivity index is 1.49. The zero-order valence-corrected chi connectivity index (χ0v) is 16.3. The van der Waals surface area contributed by atoms with Crippen molar-refractivity contribution in [3.05, 3.63) is 93.2 Å². The Morgan fingerprint density at radius 2 is 1.43 bits per heavy atom. The van der Waals surface area contributed by atoms with E-state index in [1.54, 1.807) is 0 Å². The van der Waals surface area contributed by atoms with Gasteiger partial charge in [0.2, 0.25) is 5.91 Å². The van der Waals surface area contributed by atoms with E-state index >= 15 is 0 Å². The van der Waals surface area contributed by atoms with Crippen molar-refractivity contribution in [2.75, 3.05) is 0 Å². The summed E-state index contributed by atoms with van der Waals surface area (Å²) in [6.45, 7) is 0. The van der Waals surface area contributed by atoms with Crippen LogP contribution < -0.4 is 10.9 Å². The van der Waals surface area contributed by atoms with Crippen LogP contribution in [0, 0.1) is 0 Å². The number of rotatable bonds is 4. The van der Waals surface area contributed by atoms with Gasteiger partial charge in [0.15, 0.2) is 0 Å². The van der Waals surface area contributed by atoms with Gasteiger partial charge >= 0.3 is 0 Å². The molecule has 4 rings (SSSR count). The van der Waals surface area contributed by atoms with Gasteiger partial charge in [-0.25, -0.2) is 0 Å². The molecule has 0 bridgehead atoms. The molecule has 0 saturated heterocycles. The second kappa shape index (κ2) is 8.40. The van der Waals surface area contributed by atoms with E-state index in [4.69, 9.17) is 0 Å². The molecule has 0 spiro atoms. The Kier molecular flexibility index (Phi) is 5.53. The molecule has 5 heteroatoms. The Hall–Kier alpha value is -2.92. The van der Waals surface area contributed by atoms with Crippen LogP contribution in [0.1, 0.15) is 50.0 Å². The fraction of sp³-hybridized carbons (Fsp3) is 0.217. The average molecular weight is 391 g/mol. The van der Waals surface area contributed by atoms with E-state index in [0.717, 1.165) is 24.0 Å². The van der Waals surface area contributed by atoms with Gasteiger partial charge in [-0.1, -0.05) is 60.7 Å². The van der Waals surface area contributed by atoms with E-state index in [0.29, 0.717) is 4.88 Å². The van der Waals surface area contributed by atoms with Crippen molar-refractivity contribution in [1.82, 2.24) is 10.9 Å². The van der Waals surface area contributed by atoms with Crippen LogP contribution in [0.5, 0.6) is 0 Å². The molecular weight excluding hydrogens is 368 g/mol. The summed E-state index contributed by atoms with van der Waals surface area (Å²) in [5.41, 5.74) is 8.27. The summed E-state index contributed by atoms with van der Waals surface area (Å²) in [5, 5.41) is 0. The van der Waals surface area contributed by atoms with Gasteiger partial charge in [0, 0.05) is 4.88 Å². The van der Waals surface area contributed by atoms with Crippen LogP contribution >= 0.6 is 11.3 Å². The smallest absolute Gasteiger partial charge is 0.272 e. The van der Waals surface area contributed by atoms with E-state index in [-0.39, 0.29) is 11.8 Å². The number of benzene rings is 2. The number of nitrogens with one attached hydrogen (secondary N) is 2. The molecule has 2 N–H and O–H groups in total. The molecule has 28 heavy (non-hydrogen) atoms. The Morgan fingerprint density at radius 1 is 0.821 bits per heavy atom. The molecule has 0 radical (unpaired) electrons. The van der Waals surface area contributed by atoms with Gasteiger partial charge in [0.05, 0.1) is 10.8 Å². The van der Waals surface area contributed by atoms with E-state index in [9.17, 15) is 9.59 Å². The van der Waals surface area contributed by atoms with Crippen molar-refractivity contribution in [3.8, 4) is 0 Å². The lowest BCUT2D eigenvalue weighted by Gasteiger charge is -2.18. The van der Waals surface area contributed by atoms with Crippen LogP contribution in [-0.4, -0.2) is 11.8 Å². The van der Waals surface area contributed by atoms with E-state index < -0.39 is 5.92 Å². The number of hydrogen-bond acceptors (Lipinski definition) is 3. The zero-order valence-electron chi connectivity index (χ0n) is 15.5. The van der Waals surface area contributed by atoms with Gasteiger partial charge in [-0.05, 0) is 48.4 Å². The monoisotopic (exact) mass is 390 g/mol. The third kappa shape index (κ3) is 3.99. The predicted molar refractivity (Wildman–Crippen MR) is 111 cm³/mol. The van der Waals surface area contributed by atoms with Crippen molar-refractivity contribution in [2.24, 2.45) is 0 Å². The van der Waals surface area contributed by atoms with Gasteiger partial charge in [-0.15, -0.1) is 11.3 Å². The molecule has 1 heterocycles. The SMILES string of the molecule is O=C(NNC(=O)C(c1ccccc1)c1ccccc1)c1cc2c(s1)CCCC2. The second-order valence-corrected chi connectivity index (χ2v) is 8.10. The highest BCUT2D eigenvalue weighted by Crippen LogP contribution is 2.29. The second-order valence-electron chi connectivity index (χ2n) is 6.96. The highest BCUT2D eigenvalue weighted by atomic mass is 32.1. The quantitative estimate of drug-likeness (QED) is 0.656. The van der Waals surface area contributed by atoms with Crippen LogP contribution in [-0.2, 0) is 17.6 Å². The first-order chi connectivity index (χ1) is 13.7. The van der Waals surface area contributed by atoms with Crippen LogP contribution in [0.4, 0.5) is 0 Å². The molecular formula is C23H22N2O2S. The molecule has 4 nitrogen and oxygen atoms in total. The summed E-state index contributed by atoms with van der Waals surface area (Å²) in [5.74, 6) is -1.00. The van der Waals surface area contributed by atoms with Crippen LogP contribution in [0.2, 0.25) is 0 Å². The van der Waals surface area contributed by atoms with Crippen LogP contribution in [0.3, 0.4) is 0 Å². The largest absolute Gasteiger partial charge is 0.279 e. The molecule has 0 saturated carbocycles. The maximum Gasteiger partial charge on any atom is 0.279 e. The first-order valence-electron chi connectivity index (χ1n) is 9.54. The minimum atomic E-state index is -0.487. The number of thiophene rings is 1. The van der Waals surface area contributed by atoms with Crippen molar-refractivity contribution in [3.63, 3.8) is 0 Å². The number of hydrazine groups is 1. The van der Waals surface area contributed by atoms with Gasteiger partial charge in [0.1, 0.15) is 0 Å². The minimum Gasteiger partial charge on any atom is -0.272 e. The lowest BCUT2D eigenvalue weighted by molar-refractivity contribution is -0.122. The molecule has 1 aromatic heterocycles. The summed E-state index contributed by atoms with van der Waals surface area (Å²) in [7, 11) is 0. The zero-order chi connectivity index (χ0) is 19.3. The maximum absolute atomic E-state index is 13.0. The molecule has 1 aliphatic rings. The first-order valence-corrected chi connectivity index (χ1v) is 10.4. The molecule has 2 aromatic carbocycles. The van der Waals surface area contributed by atoms with Gasteiger partial charge in [0.25, 0.3) is 5.91 Å². The van der Waals surface area contributed by atoms with Crippen LogP contribution in [0.25, 0.3) is 0 Å². The number of hydrogen-bond donors (Lipinski definition) is 2. The standard InChI is InChI=1S/C23H22N2O2S/c26-22(20-15-18-13-7-8-14-19(18)28-20)24-25-23(27)21(16-9-3-1-4-10-16)17-11-5-2-6-12-17/h1-6,9-12,15,21H,7-8,13-14H2,(H,24,26)(H,25,27). The minimum absolute atomic E-state index is 0.257. The van der Waals surface area contributed by atoms with Gasteiger partial charge in [-0.3, -0.25) is 20.4 Å². The molecule has 3 aromatic rings. The molecule has 0 unspecified atom stereocenters. The average Bonchev–Trinajstić information content (AvgIpc) is 3.18. The lowest BCUT2D eigenvalue weighted by atomic mass is 9.91. The maximum atomic E-state index is 13.0. The van der Waals surface area contributed by atoms with E-state index in [1.165, 1.54) is 34.6 Å². The van der Waals surface area contributed by atoms with E-state index in [1.807, 2.05) is 66.7 Å². The Morgan fingerprint density at radius 3 is 2.04 bits per heavy atom. The third-order valence-corrected chi connectivity index (χ3v) is 6.28. The molecule has 1 aliphatic carbocycles. The first kappa shape index (κ1) is 18.4. The van der Waals surface area contributed by atoms with Crippen molar-refractivity contribution in [1.29, 1.82) is 0 Å². The van der Waals surface area contributed by atoms with Crippen molar-refractivity contribution < 1.29 is 9.59 Å². The number of aryl methyl sites for hydroxylation is 2. The molecule has 0 atom stereocenters. The molecule has 2 amide bonds. The van der Waals surface area contributed by atoms with Crippen molar-refractivity contribution in [2.45, 2.75) is 31.6 Å². The lowest BCUT2D eigenvalue weighted by Crippen LogP contribution is -2.44. The summed E-state index contributed by atoms with van der Waals surface area (Å²) >= 11 is 1.53. The Labute approximate surface area is 168 Å². The molecule has 0 fully saturated rings. The number of carbonyl (C=O) groups excluding carboxylic acids is 2. The highest BCUT2D eigenvalue weighted by Gasteiger charge is 2.24. The summed E-state index contributed by atoms with van der Waals surface area (Å²) in [4.78, 5) is 27.5. The number of fused-ring (bicyclic) bond motifs is 1. The van der Waals surface area contributed by atoms with Gasteiger partial charge in [-0.2, -0.15) is 0 Å². The normalized spacial score (nSPS) is 13.0. The fourth-order valence-electron chi connectivity index (χ4n) is 3.64.